The largest absolute Gasteiger partial charge is 0.305 e. The van der Waals surface area contributed by atoms with Gasteiger partial charge < -0.3 is 4.72 Å². The van der Waals surface area contributed by atoms with Gasteiger partial charge in [-0.25, -0.2) is 4.21 Å². The molecule has 15 heavy (non-hydrogen) atoms. The lowest BCUT2D eigenvalue weighted by atomic mass is 10.2. The number of hydrogen-bond donors (Lipinski definition) is 1. The van der Waals surface area contributed by atoms with Crippen molar-refractivity contribution in [1.29, 1.82) is 0 Å². The van der Waals surface area contributed by atoms with Gasteiger partial charge in [0.25, 0.3) is 0 Å². The molecule has 1 aliphatic carbocycles. The molecule has 3 heteroatoms. The van der Waals surface area contributed by atoms with Crippen molar-refractivity contribution in [3.63, 3.8) is 0 Å². The van der Waals surface area contributed by atoms with Gasteiger partial charge in [-0.2, -0.15) is 0 Å². The van der Waals surface area contributed by atoms with Crippen LogP contribution in [-0.2, 0) is 11.0 Å². The summed E-state index contributed by atoms with van der Waals surface area (Å²) in [6.45, 7) is 6.02. The lowest BCUT2D eigenvalue weighted by molar-refractivity contribution is 0.685. The van der Waals surface area contributed by atoms with E-state index in [1.165, 1.54) is 0 Å². The smallest absolute Gasteiger partial charge is 0.120 e. The molecule has 84 valence electrons. The Labute approximate surface area is 94.7 Å². The fourth-order valence-corrected chi connectivity index (χ4v) is 2.34. The number of para-hydroxylation sites is 1. The van der Waals surface area contributed by atoms with E-state index in [9.17, 15) is 4.21 Å². The maximum atomic E-state index is 11.5. The molecular formula is C12H19NOS. The molecule has 1 aliphatic rings. The second-order valence-corrected chi connectivity index (χ2v) is 4.88. The highest BCUT2D eigenvalue weighted by Crippen LogP contribution is 2.27. The van der Waals surface area contributed by atoms with Crippen molar-refractivity contribution in [2.45, 2.75) is 38.9 Å². The van der Waals surface area contributed by atoms with Crippen molar-refractivity contribution >= 4 is 16.7 Å². The number of rotatable bonds is 3. The van der Waals surface area contributed by atoms with E-state index < -0.39 is 11.0 Å². The number of anilines is 1. The molecule has 0 aliphatic heterocycles. The minimum Gasteiger partial charge on any atom is -0.305 e. The molecule has 0 saturated heterocycles. The molecule has 0 aromatic heterocycles. The van der Waals surface area contributed by atoms with Gasteiger partial charge in [0.05, 0.1) is 5.25 Å². The molecule has 1 saturated carbocycles. The Kier molecular flexibility index (Phi) is 4.82. The first-order valence-electron chi connectivity index (χ1n) is 5.50. The zero-order valence-corrected chi connectivity index (χ0v) is 10.4. The summed E-state index contributed by atoms with van der Waals surface area (Å²) in [6.07, 6.45) is 2.21. The highest BCUT2D eigenvalue weighted by Gasteiger charge is 2.28. The fourth-order valence-electron chi connectivity index (χ4n) is 1.16. The van der Waals surface area contributed by atoms with Gasteiger partial charge in [-0.1, -0.05) is 32.0 Å². The highest BCUT2D eigenvalue weighted by atomic mass is 32.2. The van der Waals surface area contributed by atoms with Crippen LogP contribution in [0.5, 0.6) is 0 Å². The van der Waals surface area contributed by atoms with Crippen LogP contribution in [-0.4, -0.2) is 9.46 Å². The molecule has 1 atom stereocenters. The Hall–Kier alpha value is -0.830. The van der Waals surface area contributed by atoms with Crippen LogP contribution >= 0.6 is 0 Å². The number of aryl methyl sites for hydroxylation is 1. The van der Waals surface area contributed by atoms with E-state index in [-0.39, 0.29) is 0 Å². The molecule has 1 fully saturated rings. The van der Waals surface area contributed by atoms with Crippen molar-refractivity contribution in [3.05, 3.63) is 29.8 Å². The Morgan fingerprint density at radius 1 is 1.27 bits per heavy atom. The maximum Gasteiger partial charge on any atom is 0.120 e. The Bertz CT molecular complexity index is 334. The highest BCUT2D eigenvalue weighted by molar-refractivity contribution is 7.87. The van der Waals surface area contributed by atoms with E-state index in [4.69, 9.17) is 0 Å². The van der Waals surface area contributed by atoms with Gasteiger partial charge in [0, 0.05) is 5.69 Å². The van der Waals surface area contributed by atoms with E-state index in [0.717, 1.165) is 24.1 Å². The van der Waals surface area contributed by atoms with Crippen LogP contribution in [0.2, 0.25) is 0 Å². The van der Waals surface area contributed by atoms with Gasteiger partial charge in [0.15, 0.2) is 0 Å². The lowest BCUT2D eigenvalue weighted by Crippen LogP contribution is -2.09. The molecule has 0 bridgehead atoms. The molecule has 2 nitrogen and oxygen atoms in total. The molecule has 1 aromatic rings. The average Bonchev–Trinajstić information content (AvgIpc) is 3.08. The molecule has 0 heterocycles. The van der Waals surface area contributed by atoms with Crippen molar-refractivity contribution in [2.24, 2.45) is 0 Å². The van der Waals surface area contributed by atoms with Crippen LogP contribution in [0.3, 0.4) is 0 Å². The maximum absolute atomic E-state index is 11.5. The first-order valence-corrected chi connectivity index (χ1v) is 6.71. The van der Waals surface area contributed by atoms with Crippen molar-refractivity contribution in [3.8, 4) is 0 Å². The Morgan fingerprint density at radius 3 is 2.40 bits per heavy atom. The zero-order valence-electron chi connectivity index (χ0n) is 9.62. The van der Waals surface area contributed by atoms with E-state index in [0.29, 0.717) is 5.25 Å². The summed E-state index contributed by atoms with van der Waals surface area (Å²) in [7, 11) is -0.872. The second-order valence-electron chi connectivity index (χ2n) is 3.41. The monoisotopic (exact) mass is 225 g/mol. The quantitative estimate of drug-likeness (QED) is 0.840. The molecule has 0 spiro atoms. The molecule has 0 amide bonds. The van der Waals surface area contributed by atoms with E-state index in [1.54, 1.807) is 0 Å². The molecule has 1 unspecified atom stereocenters. The minimum atomic E-state index is -0.872. The first kappa shape index (κ1) is 12.2. The standard InChI is InChI=1S/C10H13NOS.C2H6/c1-8-4-2-3-5-10(8)11-13(12)9-6-7-9;1-2/h2-5,9,11H,6-7H2,1H3;1-2H3. The van der Waals surface area contributed by atoms with Crippen molar-refractivity contribution < 1.29 is 4.21 Å². The summed E-state index contributed by atoms with van der Waals surface area (Å²) in [6, 6.07) is 7.93. The lowest BCUT2D eigenvalue weighted by Gasteiger charge is -2.07. The third-order valence-corrected chi connectivity index (χ3v) is 3.68. The summed E-state index contributed by atoms with van der Waals surface area (Å²) in [5.41, 5.74) is 2.14. The molecular weight excluding hydrogens is 206 g/mol. The van der Waals surface area contributed by atoms with Crippen LogP contribution in [0.25, 0.3) is 0 Å². The van der Waals surface area contributed by atoms with E-state index >= 15 is 0 Å². The topological polar surface area (TPSA) is 29.1 Å². The fraction of sp³-hybridized carbons (Fsp3) is 0.500. The normalized spacial score (nSPS) is 16.2. The number of nitrogens with one attached hydrogen (secondary N) is 1. The summed E-state index contributed by atoms with van der Waals surface area (Å²) < 4.78 is 14.6. The van der Waals surface area contributed by atoms with Crippen LogP contribution < -0.4 is 4.72 Å². The van der Waals surface area contributed by atoms with Gasteiger partial charge >= 0.3 is 0 Å². The Morgan fingerprint density at radius 2 is 1.87 bits per heavy atom. The summed E-state index contributed by atoms with van der Waals surface area (Å²) in [5, 5.41) is 0.389. The van der Waals surface area contributed by atoms with Gasteiger partial charge in [-0.15, -0.1) is 0 Å². The van der Waals surface area contributed by atoms with Crippen LogP contribution in [0.4, 0.5) is 5.69 Å². The van der Waals surface area contributed by atoms with Gasteiger partial charge in [-0.3, -0.25) is 0 Å². The van der Waals surface area contributed by atoms with Gasteiger partial charge in [0.1, 0.15) is 11.0 Å². The van der Waals surface area contributed by atoms with E-state index in [1.807, 2.05) is 45.0 Å². The summed E-state index contributed by atoms with van der Waals surface area (Å²) in [4.78, 5) is 0. The third kappa shape index (κ3) is 3.67. The molecule has 1 N–H and O–H groups in total. The van der Waals surface area contributed by atoms with Crippen LogP contribution in [0.15, 0.2) is 24.3 Å². The van der Waals surface area contributed by atoms with Crippen molar-refractivity contribution in [2.75, 3.05) is 4.72 Å². The zero-order chi connectivity index (χ0) is 11.3. The molecule has 2 rings (SSSR count). The predicted octanol–water partition coefficient (Wildman–Crippen LogP) is 3.26. The Balaban J connectivity index is 0.000000531. The average molecular weight is 225 g/mol. The molecule has 1 aromatic carbocycles. The predicted molar refractivity (Wildman–Crippen MR) is 67.3 cm³/mol. The van der Waals surface area contributed by atoms with Crippen LogP contribution in [0.1, 0.15) is 32.3 Å². The summed E-state index contributed by atoms with van der Waals surface area (Å²) >= 11 is 0. The second kappa shape index (κ2) is 5.91. The number of hydrogen-bond acceptors (Lipinski definition) is 1. The first-order chi connectivity index (χ1) is 7.27. The summed E-state index contributed by atoms with van der Waals surface area (Å²) in [5.74, 6) is 0. The molecule has 0 radical (unpaired) electrons. The van der Waals surface area contributed by atoms with E-state index in [2.05, 4.69) is 4.72 Å². The van der Waals surface area contributed by atoms with Crippen molar-refractivity contribution in [1.82, 2.24) is 0 Å². The number of benzene rings is 1. The van der Waals surface area contributed by atoms with Crippen LogP contribution in [0, 0.1) is 6.92 Å². The SMILES string of the molecule is CC.Cc1ccccc1NS(=O)C1CC1. The minimum absolute atomic E-state index is 0.389. The van der Waals surface area contributed by atoms with Gasteiger partial charge in [0.2, 0.25) is 0 Å². The third-order valence-electron chi connectivity index (χ3n) is 2.18. The van der Waals surface area contributed by atoms with Gasteiger partial charge in [-0.05, 0) is 31.4 Å².